The Labute approximate surface area is 104 Å². The second-order valence-corrected chi connectivity index (χ2v) is 4.20. The number of carbonyl (C=O) groups excluding carboxylic acids is 1. The number of alkyl halides is 2. The van der Waals surface area contributed by atoms with E-state index < -0.39 is 23.7 Å². The van der Waals surface area contributed by atoms with Crippen LogP contribution in [-0.4, -0.2) is 18.5 Å². The first kappa shape index (κ1) is 12.7. The average Bonchev–Trinajstić information content (AvgIpc) is 2.90. The van der Waals surface area contributed by atoms with Gasteiger partial charge in [-0.2, -0.15) is 0 Å². The van der Waals surface area contributed by atoms with E-state index in [4.69, 9.17) is 0 Å². The lowest BCUT2D eigenvalue weighted by atomic mass is 10.1. The summed E-state index contributed by atoms with van der Waals surface area (Å²) in [7, 11) is 0. The third-order valence-corrected chi connectivity index (χ3v) is 2.99. The zero-order valence-electron chi connectivity index (χ0n) is 9.98. The molecule has 0 amide bonds. The first-order valence-electron chi connectivity index (χ1n) is 5.85. The fourth-order valence-electron chi connectivity index (χ4n) is 2.05. The highest BCUT2D eigenvalue weighted by atomic mass is 19.3. The maximum Gasteiger partial charge on any atom is 0.330 e. The number of allylic oxidation sites excluding steroid dienone is 1. The molecule has 18 heavy (non-hydrogen) atoms. The lowest BCUT2D eigenvalue weighted by Gasteiger charge is -1.96. The molecule has 0 aromatic heterocycles. The Morgan fingerprint density at radius 2 is 2.06 bits per heavy atom. The Morgan fingerprint density at radius 1 is 1.39 bits per heavy atom. The van der Waals surface area contributed by atoms with Gasteiger partial charge in [0.15, 0.2) is 0 Å². The minimum atomic E-state index is -2.77. The Kier molecular flexibility index (Phi) is 3.45. The molecule has 0 heterocycles. The van der Waals surface area contributed by atoms with Crippen molar-refractivity contribution in [1.82, 2.24) is 0 Å². The number of hydrogen-bond donors (Lipinski definition) is 0. The largest absolute Gasteiger partial charge is 0.463 e. The second kappa shape index (κ2) is 4.88. The van der Waals surface area contributed by atoms with Crippen molar-refractivity contribution >= 4 is 5.97 Å². The molecule has 2 rings (SSSR count). The summed E-state index contributed by atoms with van der Waals surface area (Å²) in [6, 6.07) is 8.60. The number of rotatable bonds is 4. The van der Waals surface area contributed by atoms with Gasteiger partial charge in [0, 0.05) is 6.08 Å². The van der Waals surface area contributed by atoms with Crippen molar-refractivity contribution in [2.75, 3.05) is 6.61 Å². The standard InChI is InChI=1S/C14H14F2O2/c1-2-18-12(17)9-8-11-13(14(11,15)16)10-6-4-3-5-7-10/h3-9,11,13H,2H2,1H3/b9-8+/t11-,13-/m1/s1. The van der Waals surface area contributed by atoms with Gasteiger partial charge in [0.25, 0.3) is 5.92 Å². The average molecular weight is 252 g/mol. The molecule has 1 aliphatic carbocycles. The predicted octanol–water partition coefficient (Wildman–Crippen LogP) is 3.15. The van der Waals surface area contributed by atoms with E-state index in [-0.39, 0.29) is 6.61 Å². The van der Waals surface area contributed by atoms with Gasteiger partial charge >= 0.3 is 5.97 Å². The molecule has 0 aliphatic heterocycles. The molecule has 0 N–H and O–H groups in total. The zero-order chi connectivity index (χ0) is 13.2. The van der Waals surface area contributed by atoms with Crippen LogP contribution in [0.25, 0.3) is 0 Å². The monoisotopic (exact) mass is 252 g/mol. The van der Waals surface area contributed by atoms with Gasteiger partial charge < -0.3 is 4.74 Å². The van der Waals surface area contributed by atoms with Crippen molar-refractivity contribution in [1.29, 1.82) is 0 Å². The molecule has 0 bridgehead atoms. The van der Waals surface area contributed by atoms with Crippen molar-refractivity contribution in [2.45, 2.75) is 18.8 Å². The van der Waals surface area contributed by atoms with Gasteiger partial charge in [0.05, 0.1) is 18.4 Å². The third kappa shape index (κ3) is 2.42. The van der Waals surface area contributed by atoms with E-state index in [1.807, 2.05) is 0 Å². The van der Waals surface area contributed by atoms with Crippen molar-refractivity contribution in [3.8, 4) is 0 Å². The predicted molar refractivity (Wildman–Crippen MR) is 63.4 cm³/mol. The third-order valence-electron chi connectivity index (χ3n) is 2.99. The van der Waals surface area contributed by atoms with Crippen LogP contribution in [0.15, 0.2) is 42.5 Å². The summed E-state index contributed by atoms with van der Waals surface area (Å²) >= 11 is 0. The normalized spacial score (nSPS) is 25.1. The minimum Gasteiger partial charge on any atom is -0.463 e. The van der Waals surface area contributed by atoms with Crippen LogP contribution in [0.2, 0.25) is 0 Å². The smallest absolute Gasteiger partial charge is 0.330 e. The summed E-state index contributed by atoms with van der Waals surface area (Å²) < 4.78 is 31.8. The summed E-state index contributed by atoms with van der Waals surface area (Å²) in [6.07, 6.45) is 2.33. The van der Waals surface area contributed by atoms with Gasteiger partial charge in [0.2, 0.25) is 0 Å². The zero-order valence-corrected chi connectivity index (χ0v) is 9.98. The Hall–Kier alpha value is -1.71. The molecular formula is C14H14F2O2. The molecule has 1 fully saturated rings. The quantitative estimate of drug-likeness (QED) is 0.607. The molecule has 0 saturated heterocycles. The van der Waals surface area contributed by atoms with Crippen LogP contribution >= 0.6 is 0 Å². The van der Waals surface area contributed by atoms with Crippen LogP contribution in [0.3, 0.4) is 0 Å². The molecule has 1 aromatic carbocycles. The highest BCUT2D eigenvalue weighted by Crippen LogP contribution is 2.62. The van der Waals surface area contributed by atoms with E-state index in [0.717, 1.165) is 6.08 Å². The van der Waals surface area contributed by atoms with Crippen LogP contribution in [0, 0.1) is 5.92 Å². The first-order chi connectivity index (χ1) is 8.57. The van der Waals surface area contributed by atoms with Crippen molar-refractivity contribution in [3.05, 3.63) is 48.0 Å². The summed E-state index contributed by atoms with van der Waals surface area (Å²) in [5.74, 6) is -5.09. The van der Waals surface area contributed by atoms with Crippen LogP contribution in [0.4, 0.5) is 8.78 Å². The second-order valence-electron chi connectivity index (χ2n) is 4.20. The topological polar surface area (TPSA) is 26.3 Å². The molecule has 1 aromatic rings. The molecule has 2 nitrogen and oxygen atoms in total. The van der Waals surface area contributed by atoms with Gasteiger partial charge in [-0.05, 0) is 12.5 Å². The Bertz CT molecular complexity index is 454. The van der Waals surface area contributed by atoms with E-state index in [0.29, 0.717) is 5.56 Å². The lowest BCUT2D eigenvalue weighted by molar-refractivity contribution is -0.137. The molecule has 1 aliphatic rings. The number of benzene rings is 1. The minimum absolute atomic E-state index is 0.242. The van der Waals surface area contributed by atoms with Crippen molar-refractivity contribution < 1.29 is 18.3 Å². The van der Waals surface area contributed by atoms with Gasteiger partial charge in [0.1, 0.15) is 0 Å². The maximum absolute atomic E-state index is 13.6. The molecule has 2 atom stereocenters. The first-order valence-corrected chi connectivity index (χ1v) is 5.85. The Balaban J connectivity index is 2.06. The summed E-state index contributed by atoms with van der Waals surface area (Å²) in [4.78, 5) is 11.1. The molecule has 96 valence electrons. The van der Waals surface area contributed by atoms with Crippen molar-refractivity contribution in [2.24, 2.45) is 5.92 Å². The number of hydrogen-bond acceptors (Lipinski definition) is 2. The van der Waals surface area contributed by atoms with Crippen LogP contribution in [0.5, 0.6) is 0 Å². The van der Waals surface area contributed by atoms with Gasteiger partial charge in [-0.15, -0.1) is 0 Å². The molecular weight excluding hydrogens is 238 g/mol. The van der Waals surface area contributed by atoms with E-state index in [2.05, 4.69) is 4.74 Å². The van der Waals surface area contributed by atoms with Crippen LogP contribution in [-0.2, 0) is 9.53 Å². The number of ether oxygens (including phenoxy) is 1. The number of esters is 1. The molecule has 1 saturated carbocycles. The summed E-state index contributed by atoms with van der Waals surface area (Å²) in [6.45, 7) is 1.91. The van der Waals surface area contributed by atoms with E-state index in [1.54, 1.807) is 37.3 Å². The Morgan fingerprint density at radius 3 is 2.67 bits per heavy atom. The van der Waals surface area contributed by atoms with E-state index >= 15 is 0 Å². The SMILES string of the molecule is CCOC(=O)/C=C/[C@@H]1[C@@H](c2ccccc2)C1(F)F. The molecule has 0 radical (unpaired) electrons. The number of halogens is 2. The highest BCUT2D eigenvalue weighted by molar-refractivity contribution is 5.82. The fourth-order valence-corrected chi connectivity index (χ4v) is 2.05. The maximum atomic E-state index is 13.6. The number of carbonyl (C=O) groups is 1. The van der Waals surface area contributed by atoms with E-state index in [9.17, 15) is 13.6 Å². The molecule has 0 spiro atoms. The van der Waals surface area contributed by atoms with Gasteiger partial charge in [-0.3, -0.25) is 0 Å². The van der Waals surface area contributed by atoms with E-state index in [1.165, 1.54) is 6.08 Å². The fraction of sp³-hybridized carbons (Fsp3) is 0.357. The summed E-state index contributed by atoms with van der Waals surface area (Å²) in [5, 5.41) is 0. The van der Waals surface area contributed by atoms with Crippen molar-refractivity contribution in [3.63, 3.8) is 0 Å². The van der Waals surface area contributed by atoms with Gasteiger partial charge in [-0.25, -0.2) is 13.6 Å². The van der Waals surface area contributed by atoms with Crippen LogP contribution in [0.1, 0.15) is 18.4 Å². The molecule has 4 heteroatoms. The van der Waals surface area contributed by atoms with Gasteiger partial charge in [-0.1, -0.05) is 36.4 Å². The lowest BCUT2D eigenvalue weighted by Crippen LogP contribution is -1.99. The molecule has 0 unspecified atom stereocenters. The highest BCUT2D eigenvalue weighted by Gasteiger charge is 2.67. The summed E-state index contributed by atoms with van der Waals surface area (Å²) in [5.41, 5.74) is 0.598. The van der Waals surface area contributed by atoms with Crippen LogP contribution < -0.4 is 0 Å².